The second-order valence-corrected chi connectivity index (χ2v) is 4.24. The molecule has 0 saturated carbocycles. The zero-order valence-electron chi connectivity index (χ0n) is 5.81. The van der Waals surface area contributed by atoms with Gasteiger partial charge in [-0.15, -0.1) is 0 Å². The summed E-state index contributed by atoms with van der Waals surface area (Å²) in [5, 5.41) is 0. The number of carbonyl (C=O) groups excluding carboxylic acids is 1. The molecule has 0 saturated heterocycles. The van der Waals surface area contributed by atoms with E-state index in [2.05, 4.69) is 4.74 Å². The fourth-order valence-corrected chi connectivity index (χ4v) is 1.12. The molecule has 0 aromatic heterocycles. The molecule has 11 heavy (non-hydrogen) atoms. The van der Waals surface area contributed by atoms with Crippen LogP contribution in [0.2, 0.25) is 0 Å². The van der Waals surface area contributed by atoms with Crippen LogP contribution in [0, 0.1) is 0 Å². The number of nitrogens with two attached hydrogens (primary N) is 1. The number of alkyl halides is 3. The first-order chi connectivity index (χ1) is 4.88. The lowest BCUT2D eigenvalue weighted by Crippen LogP contribution is -2.32. The molecule has 2 N–H and O–H groups in total. The number of ether oxygens (including phenoxy) is 1. The van der Waals surface area contributed by atoms with Crippen LogP contribution in [-0.2, 0) is 4.74 Å². The maximum Gasteiger partial charge on any atom is 0.404 e. The van der Waals surface area contributed by atoms with Gasteiger partial charge in [0.15, 0.2) is 6.10 Å². The van der Waals surface area contributed by atoms with E-state index in [0.29, 0.717) is 6.42 Å². The summed E-state index contributed by atoms with van der Waals surface area (Å²) in [4.78, 5) is 10.2. The number of halogens is 3. The van der Waals surface area contributed by atoms with Gasteiger partial charge in [0.2, 0.25) is 3.79 Å². The number of hydrogen-bond acceptors (Lipinski definition) is 2. The highest BCUT2D eigenvalue weighted by molar-refractivity contribution is 6.68. The predicted molar refractivity (Wildman–Crippen MR) is 45.0 cm³/mol. The average molecular weight is 220 g/mol. The Morgan fingerprint density at radius 2 is 2.09 bits per heavy atom. The number of hydrogen-bond donors (Lipinski definition) is 1. The van der Waals surface area contributed by atoms with Gasteiger partial charge in [0.25, 0.3) is 0 Å². The van der Waals surface area contributed by atoms with Crippen molar-refractivity contribution in [2.75, 3.05) is 0 Å². The topological polar surface area (TPSA) is 52.3 Å². The molecule has 0 aliphatic rings. The summed E-state index contributed by atoms with van der Waals surface area (Å²) in [7, 11) is 0. The minimum atomic E-state index is -1.61. The van der Waals surface area contributed by atoms with Gasteiger partial charge in [-0.2, -0.15) is 0 Å². The van der Waals surface area contributed by atoms with E-state index in [-0.39, 0.29) is 0 Å². The molecule has 0 aliphatic carbocycles. The summed E-state index contributed by atoms with van der Waals surface area (Å²) >= 11 is 16.3. The van der Waals surface area contributed by atoms with Crippen molar-refractivity contribution in [2.24, 2.45) is 5.73 Å². The van der Waals surface area contributed by atoms with Crippen molar-refractivity contribution in [2.45, 2.75) is 23.2 Å². The molecule has 0 aromatic rings. The smallest absolute Gasteiger partial charge is 0.404 e. The SMILES string of the molecule is CCC(OC(N)=O)C(Cl)(Cl)Cl. The Kier molecular flexibility index (Phi) is 4.29. The lowest BCUT2D eigenvalue weighted by molar-refractivity contribution is 0.106. The van der Waals surface area contributed by atoms with Gasteiger partial charge in [-0.05, 0) is 6.42 Å². The van der Waals surface area contributed by atoms with Crippen molar-refractivity contribution in [3.8, 4) is 0 Å². The van der Waals surface area contributed by atoms with Crippen LogP contribution in [0.3, 0.4) is 0 Å². The van der Waals surface area contributed by atoms with Crippen molar-refractivity contribution in [3.63, 3.8) is 0 Å². The van der Waals surface area contributed by atoms with Crippen LogP contribution in [0.1, 0.15) is 13.3 Å². The van der Waals surface area contributed by atoms with Crippen molar-refractivity contribution >= 4 is 40.9 Å². The van der Waals surface area contributed by atoms with Gasteiger partial charge in [0.05, 0.1) is 0 Å². The summed E-state index contributed by atoms with van der Waals surface area (Å²) in [5.74, 6) is 0. The molecule has 1 amide bonds. The average Bonchev–Trinajstić information content (AvgIpc) is 1.79. The van der Waals surface area contributed by atoms with E-state index in [1.54, 1.807) is 6.92 Å². The Hall–Kier alpha value is 0.140. The maximum absolute atomic E-state index is 10.2. The van der Waals surface area contributed by atoms with E-state index < -0.39 is 16.0 Å². The molecule has 0 radical (unpaired) electrons. The van der Waals surface area contributed by atoms with Crippen molar-refractivity contribution in [1.29, 1.82) is 0 Å². The summed E-state index contributed by atoms with van der Waals surface area (Å²) in [6.07, 6.45) is -1.33. The van der Waals surface area contributed by atoms with E-state index >= 15 is 0 Å². The molecular formula is C5H8Cl3NO2. The Morgan fingerprint density at radius 3 is 2.18 bits per heavy atom. The van der Waals surface area contributed by atoms with E-state index in [1.807, 2.05) is 0 Å². The molecule has 0 heterocycles. The standard InChI is InChI=1S/C5H8Cl3NO2/c1-2-3(5(6,7)8)11-4(9)10/h3H,2H2,1H3,(H2,9,10). The van der Waals surface area contributed by atoms with Crippen molar-refractivity contribution in [3.05, 3.63) is 0 Å². The molecule has 0 bridgehead atoms. The van der Waals surface area contributed by atoms with Gasteiger partial charge in [0.1, 0.15) is 0 Å². The minimum Gasteiger partial charge on any atom is -0.442 e. The third kappa shape index (κ3) is 4.56. The summed E-state index contributed by atoms with van der Waals surface area (Å²) < 4.78 is 2.90. The number of amides is 1. The molecule has 0 rings (SSSR count). The summed E-state index contributed by atoms with van der Waals surface area (Å²) in [5.41, 5.74) is 4.73. The first-order valence-electron chi connectivity index (χ1n) is 2.90. The van der Waals surface area contributed by atoms with E-state index in [1.165, 1.54) is 0 Å². The van der Waals surface area contributed by atoms with Crippen LogP contribution in [-0.4, -0.2) is 16.0 Å². The molecule has 6 heteroatoms. The predicted octanol–water partition coefficient (Wildman–Crippen LogP) is 2.23. The lowest BCUT2D eigenvalue weighted by Gasteiger charge is -2.21. The molecule has 1 unspecified atom stereocenters. The van der Waals surface area contributed by atoms with E-state index in [4.69, 9.17) is 40.5 Å². The molecule has 0 aliphatic heterocycles. The molecule has 66 valence electrons. The first kappa shape index (κ1) is 11.1. The molecule has 0 aromatic carbocycles. The fourth-order valence-electron chi connectivity index (χ4n) is 0.522. The van der Waals surface area contributed by atoms with E-state index in [0.717, 1.165) is 0 Å². The van der Waals surface area contributed by atoms with Gasteiger partial charge in [-0.1, -0.05) is 41.7 Å². The van der Waals surface area contributed by atoms with Gasteiger partial charge in [-0.25, -0.2) is 4.79 Å². The molecule has 1 atom stereocenters. The highest BCUT2D eigenvalue weighted by Crippen LogP contribution is 2.33. The first-order valence-corrected chi connectivity index (χ1v) is 4.04. The quantitative estimate of drug-likeness (QED) is 0.726. The largest absolute Gasteiger partial charge is 0.442 e. The Balaban J connectivity index is 4.07. The van der Waals surface area contributed by atoms with Crippen molar-refractivity contribution in [1.82, 2.24) is 0 Å². The highest BCUT2D eigenvalue weighted by atomic mass is 35.6. The summed E-state index contributed by atoms with van der Waals surface area (Å²) in [6, 6.07) is 0. The van der Waals surface area contributed by atoms with Crippen LogP contribution < -0.4 is 5.73 Å². The van der Waals surface area contributed by atoms with Crippen LogP contribution in [0.15, 0.2) is 0 Å². The molecule has 3 nitrogen and oxygen atoms in total. The van der Waals surface area contributed by atoms with Gasteiger partial charge in [-0.3, -0.25) is 0 Å². The molecule has 0 spiro atoms. The zero-order valence-corrected chi connectivity index (χ0v) is 8.08. The van der Waals surface area contributed by atoms with Gasteiger partial charge in [0, 0.05) is 0 Å². The summed E-state index contributed by atoms with van der Waals surface area (Å²) in [6.45, 7) is 1.72. The monoisotopic (exact) mass is 219 g/mol. The molecule has 0 fully saturated rings. The Labute approximate surface area is 79.7 Å². The van der Waals surface area contributed by atoms with Crippen LogP contribution >= 0.6 is 34.8 Å². The number of primary amides is 1. The zero-order chi connectivity index (χ0) is 9.07. The van der Waals surface area contributed by atoms with Crippen molar-refractivity contribution < 1.29 is 9.53 Å². The number of rotatable bonds is 2. The van der Waals surface area contributed by atoms with Crippen LogP contribution in [0.25, 0.3) is 0 Å². The highest BCUT2D eigenvalue weighted by Gasteiger charge is 2.33. The Bertz CT molecular complexity index is 145. The number of carbonyl (C=O) groups is 1. The Morgan fingerprint density at radius 1 is 1.64 bits per heavy atom. The van der Waals surface area contributed by atoms with Crippen LogP contribution in [0.5, 0.6) is 0 Å². The van der Waals surface area contributed by atoms with E-state index in [9.17, 15) is 4.79 Å². The third-order valence-corrected chi connectivity index (χ3v) is 1.72. The lowest BCUT2D eigenvalue weighted by atomic mass is 10.3. The third-order valence-electron chi connectivity index (χ3n) is 0.994. The van der Waals surface area contributed by atoms with Crippen LogP contribution in [0.4, 0.5) is 4.79 Å². The second kappa shape index (κ2) is 4.24. The minimum absolute atomic E-state index is 0.402. The maximum atomic E-state index is 10.2. The van der Waals surface area contributed by atoms with Gasteiger partial charge < -0.3 is 10.5 Å². The second-order valence-electron chi connectivity index (χ2n) is 1.88. The molecular weight excluding hydrogens is 212 g/mol. The fraction of sp³-hybridized carbons (Fsp3) is 0.800. The van der Waals surface area contributed by atoms with Gasteiger partial charge >= 0.3 is 6.09 Å². The normalized spacial score (nSPS) is 14.2.